The van der Waals surface area contributed by atoms with Crippen LogP contribution in [0.2, 0.25) is 0 Å². The standard InChI is InChI=1S/C15H18N2O5S/c1-4-21-14(18)9-12-5-7-13(8-6-12)17-23(19,20)15-10(2)16-22-11(15)3/h5-8,17H,4,9H2,1-3H3. The van der Waals surface area contributed by atoms with Crippen LogP contribution in [-0.2, 0) is 26.0 Å². The van der Waals surface area contributed by atoms with Crippen molar-refractivity contribution in [2.24, 2.45) is 0 Å². The Balaban J connectivity index is 2.13. The minimum atomic E-state index is -3.77. The Hall–Kier alpha value is -2.35. The van der Waals surface area contributed by atoms with E-state index in [1.165, 1.54) is 6.92 Å². The van der Waals surface area contributed by atoms with Gasteiger partial charge in [0.05, 0.1) is 13.0 Å². The topological polar surface area (TPSA) is 98.5 Å². The first-order chi connectivity index (χ1) is 10.8. The molecule has 1 N–H and O–H groups in total. The second-order valence-corrected chi connectivity index (χ2v) is 6.56. The maximum atomic E-state index is 12.4. The smallest absolute Gasteiger partial charge is 0.310 e. The van der Waals surface area contributed by atoms with Gasteiger partial charge in [-0.3, -0.25) is 9.52 Å². The molecule has 0 fully saturated rings. The predicted octanol–water partition coefficient (Wildman–Crippen LogP) is 2.20. The van der Waals surface area contributed by atoms with Gasteiger partial charge in [-0.2, -0.15) is 0 Å². The Labute approximate surface area is 134 Å². The van der Waals surface area contributed by atoms with Crippen LogP contribution in [0.1, 0.15) is 23.9 Å². The van der Waals surface area contributed by atoms with Crippen LogP contribution < -0.4 is 4.72 Å². The number of aromatic nitrogens is 1. The lowest BCUT2D eigenvalue weighted by atomic mass is 10.1. The van der Waals surface area contributed by atoms with Gasteiger partial charge in [0.25, 0.3) is 10.0 Å². The molecule has 7 nitrogen and oxygen atoms in total. The molecule has 0 saturated carbocycles. The van der Waals surface area contributed by atoms with Gasteiger partial charge in [0.2, 0.25) is 0 Å². The van der Waals surface area contributed by atoms with Gasteiger partial charge in [0.1, 0.15) is 5.69 Å². The number of nitrogens with one attached hydrogen (secondary N) is 1. The van der Waals surface area contributed by atoms with Crippen LogP contribution >= 0.6 is 0 Å². The molecular formula is C15H18N2O5S. The molecule has 124 valence electrons. The predicted molar refractivity (Wildman–Crippen MR) is 83.6 cm³/mol. The lowest BCUT2D eigenvalue weighted by Crippen LogP contribution is -2.14. The number of rotatable bonds is 6. The van der Waals surface area contributed by atoms with Gasteiger partial charge in [-0.25, -0.2) is 8.42 Å². The Bertz CT molecular complexity index is 774. The van der Waals surface area contributed by atoms with Crippen LogP contribution in [0, 0.1) is 13.8 Å². The second kappa shape index (κ2) is 6.82. The van der Waals surface area contributed by atoms with E-state index in [9.17, 15) is 13.2 Å². The van der Waals surface area contributed by atoms with Gasteiger partial charge in [0.15, 0.2) is 10.7 Å². The molecule has 1 heterocycles. The second-order valence-electron chi connectivity index (χ2n) is 4.94. The van der Waals surface area contributed by atoms with Crippen molar-refractivity contribution in [3.05, 3.63) is 41.3 Å². The van der Waals surface area contributed by atoms with Crippen molar-refractivity contribution >= 4 is 21.7 Å². The van der Waals surface area contributed by atoms with E-state index in [0.29, 0.717) is 18.0 Å². The summed E-state index contributed by atoms with van der Waals surface area (Å²) in [6, 6.07) is 6.51. The Kier molecular flexibility index (Phi) is 5.05. The first kappa shape index (κ1) is 17.0. The lowest BCUT2D eigenvalue weighted by molar-refractivity contribution is -0.142. The summed E-state index contributed by atoms with van der Waals surface area (Å²) < 4.78 is 36.9. The van der Waals surface area contributed by atoms with Crippen molar-refractivity contribution in [3.63, 3.8) is 0 Å². The van der Waals surface area contributed by atoms with Crippen molar-refractivity contribution in [1.29, 1.82) is 0 Å². The number of hydrogen-bond acceptors (Lipinski definition) is 6. The molecule has 2 rings (SSSR count). The summed E-state index contributed by atoms with van der Waals surface area (Å²) in [6.45, 7) is 5.17. The molecule has 0 amide bonds. The molecule has 0 radical (unpaired) electrons. The van der Waals surface area contributed by atoms with Gasteiger partial charge >= 0.3 is 5.97 Å². The van der Waals surface area contributed by atoms with Gasteiger partial charge in [-0.1, -0.05) is 17.3 Å². The number of carbonyl (C=O) groups excluding carboxylic acids is 1. The molecule has 0 saturated heterocycles. The van der Waals surface area contributed by atoms with E-state index in [4.69, 9.17) is 9.26 Å². The number of anilines is 1. The summed E-state index contributed by atoms with van der Waals surface area (Å²) in [5.74, 6) is -0.0921. The highest BCUT2D eigenvalue weighted by molar-refractivity contribution is 7.92. The maximum Gasteiger partial charge on any atom is 0.310 e. The minimum absolute atomic E-state index is 0.0353. The van der Waals surface area contributed by atoms with Crippen LogP contribution in [0.15, 0.2) is 33.7 Å². The number of sulfonamides is 1. The molecule has 1 aromatic carbocycles. The molecule has 0 aliphatic heterocycles. The summed E-state index contributed by atoms with van der Waals surface area (Å²) in [7, 11) is -3.77. The monoisotopic (exact) mass is 338 g/mol. The third-order valence-electron chi connectivity index (χ3n) is 3.10. The number of nitrogens with zero attached hydrogens (tertiary/aromatic N) is 1. The number of benzene rings is 1. The molecule has 23 heavy (non-hydrogen) atoms. The molecule has 0 aliphatic carbocycles. The summed E-state index contributed by atoms with van der Waals surface area (Å²) >= 11 is 0. The number of aryl methyl sites for hydroxylation is 2. The summed E-state index contributed by atoms with van der Waals surface area (Å²) in [5, 5.41) is 3.64. The van der Waals surface area contributed by atoms with Gasteiger partial charge < -0.3 is 9.26 Å². The highest BCUT2D eigenvalue weighted by atomic mass is 32.2. The van der Waals surface area contributed by atoms with E-state index in [1.807, 2.05) is 0 Å². The van der Waals surface area contributed by atoms with E-state index in [-0.39, 0.29) is 23.0 Å². The molecule has 0 aliphatic rings. The third kappa shape index (κ3) is 4.10. The SMILES string of the molecule is CCOC(=O)Cc1ccc(NS(=O)(=O)c2c(C)noc2C)cc1. The van der Waals surface area contributed by atoms with Crippen molar-refractivity contribution < 1.29 is 22.5 Å². The molecular weight excluding hydrogens is 320 g/mol. The average Bonchev–Trinajstić information content (AvgIpc) is 2.81. The third-order valence-corrected chi connectivity index (χ3v) is 4.72. The summed E-state index contributed by atoms with van der Waals surface area (Å²) in [4.78, 5) is 11.4. The van der Waals surface area contributed by atoms with Crippen LogP contribution in [0.3, 0.4) is 0 Å². The highest BCUT2D eigenvalue weighted by Gasteiger charge is 2.24. The Morgan fingerprint density at radius 1 is 1.26 bits per heavy atom. The molecule has 0 atom stereocenters. The molecule has 2 aromatic rings. The zero-order chi connectivity index (χ0) is 17.0. The quantitative estimate of drug-likeness (QED) is 0.811. The fourth-order valence-electron chi connectivity index (χ4n) is 2.13. The van der Waals surface area contributed by atoms with Crippen LogP contribution in [0.4, 0.5) is 5.69 Å². The maximum absolute atomic E-state index is 12.4. The van der Waals surface area contributed by atoms with Crippen molar-refractivity contribution in [2.75, 3.05) is 11.3 Å². The summed E-state index contributed by atoms with van der Waals surface area (Å²) in [5.41, 5.74) is 1.43. The zero-order valence-corrected chi connectivity index (χ0v) is 13.9. The van der Waals surface area contributed by atoms with E-state index < -0.39 is 10.0 Å². The van der Waals surface area contributed by atoms with Crippen molar-refractivity contribution in [2.45, 2.75) is 32.1 Å². The molecule has 0 bridgehead atoms. The normalized spacial score (nSPS) is 11.3. The van der Waals surface area contributed by atoms with Crippen LogP contribution in [0.5, 0.6) is 0 Å². The van der Waals surface area contributed by atoms with Gasteiger partial charge in [-0.05, 0) is 38.5 Å². The van der Waals surface area contributed by atoms with Gasteiger partial charge in [0, 0.05) is 5.69 Å². The number of esters is 1. The fraction of sp³-hybridized carbons (Fsp3) is 0.333. The first-order valence-corrected chi connectivity index (χ1v) is 8.52. The molecule has 1 aromatic heterocycles. The number of ether oxygens (including phenoxy) is 1. The fourth-order valence-corrected chi connectivity index (χ4v) is 3.52. The van der Waals surface area contributed by atoms with Crippen molar-refractivity contribution in [3.8, 4) is 0 Å². The van der Waals surface area contributed by atoms with E-state index in [1.54, 1.807) is 38.1 Å². The largest absolute Gasteiger partial charge is 0.466 e. The molecule has 0 unspecified atom stereocenters. The lowest BCUT2D eigenvalue weighted by Gasteiger charge is -2.08. The van der Waals surface area contributed by atoms with Crippen LogP contribution in [-0.4, -0.2) is 26.2 Å². The Morgan fingerprint density at radius 3 is 2.43 bits per heavy atom. The van der Waals surface area contributed by atoms with E-state index >= 15 is 0 Å². The van der Waals surface area contributed by atoms with Crippen LogP contribution in [0.25, 0.3) is 0 Å². The average molecular weight is 338 g/mol. The highest BCUT2D eigenvalue weighted by Crippen LogP contribution is 2.22. The number of hydrogen-bond donors (Lipinski definition) is 1. The minimum Gasteiger partial charge on any atom is -0.466 e. The first-order valence-electron chi connectivity index (χ1n) is 7.03. The Morgan fingerprint density at radius 2 is 1.91 bits per heavy atom. The van der Waals surface area contributed by atoms with Crippen molar-refractivity contribution in [1.82, 2.24) is 5.16 Å². The number of carbonyl (C=O) groups is 1. The molecule has 8 heteroatoms. The van der Waals surface area contributed by atoms with E-state index in [2.05, 4.69) is 9.88 Å². The summed E-state index contributed by atoms with van der Waals surface area (Å²) in [6.07, 6.45) is 0.144. The zero-order valence-electron chi connectivity index (χ0n) is 13.1. The van der Waals surface area contributed by atoms with Gasteiger partial charge in [-0.15, -0.1) is 0 Å². The molecule has 0 spiro atoms. The van der Waals surface area contributed by atoms with E-state index in [0.717, 1.165) is 5.56 Å².